The predicted molar refractivity (Wildman–Crippen MR) is 102 cm³/mol. The van der Waals surface area contributed by atoms with Gasteiger partial charge in [-0.05, 0) is 25.1 Å². The monoisotopic (exact) mass is 508 g/mol. The first-order valence-electron chi connectivity index (χ1n) is 9.55. The molecule has 9 nitrogen and oxygen atoms in total. The maximum atomic E-state index is 13.2. The molecule has 3 aromatic rings. The third-order valence-electron chi connectivity index (χ3n) is 4.16. The van der Waals surface area contributed by atoms with Crippen molar-refractivity contribution in [1.29, 1.82) is 0 Å². The quantitative estimate of drug-likeness (QED) is 0.439. The topological polar surface area (TPSA) is 104 Å². The minimum Gasteiger partial charge on any atom is -0.488 e. The van der Waals surface area contributed by atoms with E-state index >= 15 is 0 Å². The number of alkyl halides is 7. The number of hydrogen-bond acceptors (Lipinski definition) is 7. The Morgan fingerprint density at radius 1 is 1.06 bits per heavy atom. The van der Waals surface area contributed by atoms with Crippen molar-refractivity contribution in [2.24, 2.45) is 0 Å². The van der Waals surface area contributed by atoms with Crippen LogP contribution in [-0.2, 0) is 6.18 Å². The molecule has 0 radical (unpaired) electrons. The molecule has 0 saturated carbocycles. The molecule has 0 spiro atoms. The van der Waals surface area contributed by atoms with E-state index in [4.69, 9.17) is 0 Å². The molecule has 0 saturated heterocycles. The number of amides is 1. The second kappa shape index (κ2) is 10.5. The number of aromatic nitrogens is 5. The van der Waals surface area contributed by atoms with Gasteiger partial charge in [0.1, 0.15) is 18.7 Å². The summed E-state index contributed by atoms with van der Waals surface area (Å²) < 4.78 is 98.5. The standard InChI is InChI=1S/C19H15F7N6O3/c1-9(15-29-8-32(31-15)18-27-5-13(6-28-18)35-17(22)23)30-16(33)10-2-11(19(24,25)26)4-12(3-10)34-7-14(20)21/h2-6,8-9,14,17H,7H2,1H3,(H,30,33). The Morgan fingerprint density at radius 3 is 2.34 bits per heavy atom. The number of rotatable bonds is 9. The van der Waals surface area contributed by atoms with Gasteiger partial charge in [-0.25, -0.2) is 23.7 Å². The molecule has 1 unspecified atom stereocenters. The van der Waals surface area contributed by atoms with E-state index in [1.165, 1.54) is 6.92 Å². The van der Waals surface area contributed by atoms with E-state index in [-0.39, 0.29) is 17.5 Å². The molecular formula is C19H15F7N6O3. The van der Waals surface area contributed by atoms with Crippen LogP contribution in [-0.4, -0.2) is 50.3 Å². The number of nitrogens with one attached hydrogen (secondary N) is 1. The van der Waals surface area contributed by atoms with E-state index in [1.54, 1.807) is 0 Å². The molecule has 1 atom stereocenters. The van der Waals surface area contributed by atoms with Crippen molar-refractivity contribution in [3.05, 3.63) is 53.9 Å². The van der Waals surface area contributed by atoms with Crippen molar-refractivity contribution >= 4 is 5.91 Å². The van der Waals surface area contributed by atoms with Crippen molar-refractivity contribution in [3.8, 4) is 17.4 Å². The lowest BCUT2D eigenvalue weighted by Crippen LogP contribution is -2.28. The van der Waals surface area contributed by atoms with E-state index in [9.17, 15) is 35.5 Å². The lowest BCUT2D eigenvalue weighted by atomic mass is 10.1. The second-order valence-electron chi connectivity index (χ2n) is 6.79. The number of carbonyl (C=O) groups is 1. The number of benzene rings is 1. The SMILES string of the molecule is CC(NC(=O)c1cc(OCC(F)F)cc(C(F)(F)F)c1)c1ncn(-c2ncc(OC(F)F)cn2)n1. The number of carbonyl (C=O) groups excluding carboxylic acids is 1. The maximum absolute atomic E-state index is 13.2. The van der Waals surface area contributed by atoms with Crippen molar-refractivity contribution in [1.82, 2.24) is 30.0 Å². The highest BCUT2D eigenvalue weighted by Gasteiger charge is 2.32. The summed E-state index contributed by atoms with van der Waals surface area (Å²) >= 11 is 0. The average Bonchev–Trinajstić information content (AvgIpc) is 3.27. The molecule has 0 fully saturated rings. The van der Waals surface area contributed by atoms with Gasteiger partial charge in [0.15, 0.2) is 11.6 Å². The summed E-state index contributed by atoms with van der Waals surface area (Å²) in [4.78, 5) is 24.1. The number of hydrogen-bond donors (Lipinski definition) is 1. The predicted octanol–water partition coefficient (Wildman–Crippen LogP) is 3.81. The van der Waals surface area contributed by atoms with Gasteiger partial charge in [0.2, 0.25) is 0 Å². The molecule has 16 heteroatoms. The van der Waals surface area contributed by atoms with Gasteiger partial charge in [0.05, 0.1) is 24.0 Å². The first-order valence-corrected chi connectivity index (χ1v) is 9.55. The van der Waals surface area contributed by atoms with Crippen LogP contribution >= 0.6 is 0 Å². The minimum atomic E-state index is -4.86. The van der Waals surface area contributed by atoms with Crippen molar-refractivity contribution in [3.63, 3.8) is 0 Å². The first-order chi connectivity index (χ1) is 16.4. The molecule has 1 amide bonds. The van der Waals surface area contributed by atoms with Gasteiger partial charge < -0.3 is 14.8 Å². The van der Waals surface area contributed by atoms with Crippen LogP contribution < -0.4 is 14.8 Å². The van der Waals surface area contributed by atoms with Gasteiger partial charge in [0, 0.05) is 5.56 Å². The lowest BCUT2D eigenvalue weighted by molar-refractivity contribution is -0.137. The number of nitrogens with zero attached hydrogens (tertiary/aromatic N) is 5. The highest BCUT2D eigenvalue weighted by atomic mass is 19.4. The highest BCUT2D eigenvalue weighted by Crippen LogP contribution is 2.33. The maximum Gasteiger partial charge on any atom is 0.416 e. The van der Waals surface area contributed by atoms with Gasteiger partial charge in [-0.2, -0.15) is 26.6 Å². The zero-order chi connectivity index (χ0) is 25.8. The van der Waals surface area contributed by atoms with Crippen LogP contribution in [0, 0.1) is 0 Å². The summed E-state index contributed by atoms with van der Waals surface area (Å²) in [5, 5.41) is 6.42. The van der Waals surface area contributed by atoms with Crippen LogP contribution in [0.3, 0.4) is 0 Å². The molecule has 0 aliphatic carbocycles. The van der Waals surface area contributed by atoms with Crippen LogP contribution in [0.5, 0.6) is 11.5 Å². The van der Waals surface area contributed by atoms with Gasteiger partial charge in [-0.15, -0.1) is 5.10 Å². The Kier molecular flexibility index (Phi) is 7.71. The lowest BCUT2D eigenvalue weighted by Gasteiger charge is -2.15. The van der Waals surface area contributed by atoms with E-state index in [2.05, 4.69) is 34.8 Å². The van der Waals surface area contributed by atoms with Crippen LogP contribution in [0.2, 0.25) is 0 Å². The molecule has 0 aliphatic rings. The first kappa shape index (κ1) is 25.6. The fourth-order valence-electron chi connectivity index (χ4n) is 2.64. The van der Waals surface area contributed by atoms with E-state index in [0.29, 0.717) is 12.1 Å². The van der Waals surface area contributed by atoms with Crippen molar-refractivity contribution in [2.45, 2.75) is 32.2 Å². The summed E-state index contributed by atoms with van der Waals surface area (Å²) in [7, 11) is 0. The average molecular weight is 508 g/mol. The highest BCUT2D eigenvalue weighted by molar-refractivity contribution is 5.95. The minimum absolute atomic E-state index is 0.0102. The molecule has 3 rings (SSSR count). The van der Waals surface area contributed by atoms with Crippen LogP contribution in [0.15, 0.2) is 36.9 Å². The molecule has 1 aromatic carbocycles. The van der Waals surface area contributed by atoms with E-state index in [0.717, 1.165) is 29.5 Å². The zero-order valence-electron chi connectivity index (χ0n) is 17.5. The van der Waals surface area contributed by atoms with Gasteiger partial charge in [-0.3, -0.25) is 4.79 Å². The Morgan fingerprint density at radius 2 is 1.74 bits per heavy atom. The third kappa shape index (κ3) is 7.00. The summed E-state index contributed by atoms with van der Waals surface area (Å²) in [5.74, 6) is -1.88. The zero-order valence-corrected chi connectivity index (χ0v) is 17.5. The number of halogens is 7. The third-order valence-corrected chi connectivity index (χ3v) is 4.16. The van der Waals surface area contributed by atoms with E-state index < -0.39 is 54.6 Å². The largest absolute Gasteiger partial charge is 0.488 e. The molecule has 1 N–H and O–H groups in total. The number of ether oxygens (including phenoxy) is 2. The molecule has 2 aromatic heterocycles. The fraction of sp³-hybridized carbons (Fsp3) is 0.316. The smallest absolute Gasteiger partial charge is 0.416 e. The van der Waals surface area contributed by atoms with Crippen molar-refractivity contribution < 1.29 is 45.0 Å². The molecule has 35 heavy (non-hydrogen) atoms. The van der Waals surface area contributed by atoms with Crippen LogP contribution in [0.25, 0.3) is 5.95 Å². The second-order valence-corrected chi connectivity index (χ2v) is 6.79. The summed E-state index contributed by atoms with van der Waals surface area (Å²) in [6.45, 7) is -2.78. The van der Waals surface area contributed by atoms with Crippen molar-refractivity contribution in [2.75, 3.05) is 6.61 Å². The summed E-state index contributed by atoms with van der Waals surface area (Å²) in [5.41, 5.74) is -1.76. The molecule has 0 aliphatic heterocycles. The fourth-order valence-corrected chi connectivity index (χ4v) is 2.64. The van der Waals surface area contributed by atoms with E-state index in [1.807, 2.05) is 0 Å². The van der Waals surface area contributed by atoms with Gasteiger partial charge in [0.25, 0.3) is 18.3 Å². The summed E-state index contributed by atoms with van der Waals surface area (Å²) in [6.07, 6.45) is -4.69. The Bertz CT molecular complexity index is 1150. The Labute approximate surface area is 191 Å². The van der Waals surface area contributed by atoms with Gasteiger partial charge in [-0.1, -0.05) is 0 Å². The Balaban J connectivity index is 1.74. The summed E-state index contributed by atoms with van der Waals surface area (Å²) in [6, 6.07) is 1.01. The van der Waals surface area contributed by atoms with Crippen LogP contribution in [0.1, 0.15) is 34.7 Å². The van der Waals surface area contributed by atoms with Gasteiger partial charge >= 0.3 is 12.8 Å². The molecular weight excluding hydrogens is 493 g/mol. The Hall–Kier alpha value is -3.98. The molecule has 2 heterocycles. The normalized spacial score (nSPS) is 12.6. The molecule has 0 bridgehead atoms. The molecule has 188 valence electrons. The van der Waals surface area contributed by atoms with Crippen LogP contribution in [0.4, 0.5) is 30.7 Å².